The molecule has 0 amide bonds. The van der Waals surface area contributed by atoms with Gasteiger partial charge in [0.15, 0.2) is 0 Å². The molecule has 2 atom stereocenters. The Balaban J connectivity index is 2.78. The van der Waals surface area contributed by atoms with E-state index in [2.05, 4.69) is 0 Å². The summed E-state index contributed by atoms with van der Waals surface area (Å²) >= 11 is 0. The predicted octanol–water partition coefficient (Wildman–Crippen LogP) is 2.01. The van der Waals surface area contributed by atoms with Gasteiger partial charge in [0, 0.05) is 6.04 Å². The third-order valence-corrected chi connectivity index (χ3v) is 2.55. The van der Waals surface area contributed by atoms with Crippen LogP contribution in [0.2, 0.25) is 0 Å². The van der Waals surface area contributed by atoms with Gasteiger partial charge in [0.2, 0.25) is 0 Å². The van der Waals surface area contributed by atoms with Gasteiger partial charge in [-0.2, -0.15) is 0 Å². The third-order valence-electron chi connectivity index (χ3n) is 2.55. The van der Waals surface area contributed by atoms with Gasteiger partial charge in [-0.25, -0.2) is 0 Å². The molecule has 78 valence electrons. The predicted molar refractivity (Wildman–Crippen MR) is 59.0 cm³/mol. The number of benzene rings is 1. The van der Waals surface area contributed by atoms with Gasteiger partial charge in [-0.3, -0.25) is 0 Å². The first-order valence-electron chi connectivity index (χ1n) is 5.02. The van der Waals surface area contributed by atoms with E-state index in [1.54, 1.807) is 0 Å². The van der Waals surface area contributed by atoms with Gasteiger partial charge in [-0.05, 0) is 18.4 Å². The van der Waals surface area contributed by atoms with Crippen LogP contribution in [0.3, 0.4) is 0 Å². The van der Waals surface area contributed by atoms with Crippen molar-refractivity contribution in [2.45, 2.75) is 32.9 Å². The van der Waals surface area contributed by atoms with Crippen molar-refractivity contribution in [1.82, 2.24) is 0 Å². The third kappa shape index (κ3) is 2.56. The number of nitrogens with two attached hydrogens (primary N) is 1. The van der Waals surface area contributed by atoms with E-state index in [0.717, 1.165) is 5.56 Å². The Kier molecular flexibility index (Phi) is 3.67. The highest BCUT2D eigenvalue weighted by atomic mass is 16.3. The van der Waals surface area contributed by atoms with Crippen LogP contribution in [0.25, 0.3) is 0 Å². The van der Waals surface area contributed by atoms with Gasteiger partial charge in [-0.15, -0.1) is 0 Å². The second-order valence-corrected chi connectivity index (χ2v) is 4.18. The minimum absolute atomic E-state index is 0.197. The average Bonchev–Trinajstić information content (AvgIpc) is 2.16. The second-order valence-electron chi connectivity index (χ2n) is 4.18. The average molecular weight is 193 g/mol. The molecule has 0 heterocycles. The summed E-state index contributed by atoms with van der Waals surface area (Å²) < 4.78 is 0. The molecule has 0 aliphatic heterocycles. The minimum Gasteiger partial charge on any atom is -0.387 e. The molecule has 0 bridgehead atoms. The SMILES string of the molecule is Cc1ccc(C(O)C(N)C(C)C)cc1. The molecule has 0 aromatic heterocycles. The maximum absolute atomic E-state index is 9.93. The Morgan fingerprint density at radius 3 is 2.07 bits per heavy atom. The molecule has 0 saturated carbocycles. The lowest BCUT2D eigenvalue weighted by Crippen LogP contribution is -2.33. The van der Waals surface area contributed by atoms with Crippen LogP contribution in [-0.2, 0) is 0 Å². The molecular weight excluding hydrogens is 174 g/mol. The molecule has 1 rings (SSSR count). The largest absolute Gasteiger partial charge is 0.387 e. The fraction of sp³-hybridized carbons (Fsp3) is 0.500. The zero-order valence-electron chi connectivity index (χ0n) is 9.07. The molecule has 1 aromatic rings. The molecule has 3 N–H and O–H groups in total. The molecule has 2 unspecified atom stereocenters. The lowest BCUT2D eigenvalue weighted by Gasteiger charge is -2.22. The Hall–Kier alpha value is -0.860. The maximum atomic E-state index is 9.93. The lowest BCUT2D eigenvalue weighted by molar-refractivity contribution is 0.126. The quantitative estimate of drug-likeness (QED) is 0.771. The summed E-state index contributed by atoms with van der Waals surface area (Å²) in [4.78, 5) is 0. The molecule has 2 heteroatoms. The molecule has 2 nitrogen and oxygen atoms in total. The zero-order valence-corrected chi connectivity index (χ0v) is 9.07. The minimum atomic E-state index is -0.560. The summed E-state index contributed by atoms with van der Waals surface area (Å²) in [6, 6.07) is 7.65. The highest BCUT2D eigenvalue weighted by molar-refractivity contribution is 5.24. The Morgan fingerprint density at radius 2 is 1.64 bits per heavy atom. The first-order chi connectivity index (χ1) is 6.52. The number of aliphatic hydroxyl groups excluding tert-OH is 1. The molecular formula is C12H19NO. The van der Waals surface area contributed by atoms with Gasteiger partial charge in [0.25, 0.3) is 0 Å². The van der Waals surface area contributed by atoms with E-state index >= 15 is 0 Å². The van der Waals surface area contributed by atoms with Crippen LogP contribution in [0.5, 0.6) is 0 Å². The van der Waals surface area contributed by atoms with Crippen LogP contribution >= 0.6 is 0 Å². The molecule has 0 radical (unpaired) electrons. The van der Waals surface area contributed by atoms with Crippen LogP contribution in [-0.4, -0.2) is 11.1 Å². The second kappa shape index (κ2) is 4.58. The Labute approximate surface area is 85.8 Å². The number of aliphatic hydroxyl groups is 1. The van der Waals surface area contributed by atoms with Gasteiger partial charge in [0.1, 0.15) is 0 Å². The monoisotopic (exact) mass is 193 g/mol. The van der Waals surface area contributed by atoms with Gasteiger partial charge >= 0.3 is 0 Å². The zero-order chi connectivity index (χ0) is 10.7. The van der Waals surface area contributed by atoms with Crippen molar-refractivity contribution >= 4 is 0 Å². The van der Waals surface area contributed by atoms with Crippen molar-refractivity contribution in [2.75, 3.05) is 0 Å². The molecule has 0 saturated heterocycles. The number of aryl methyl sites for hydroxylation is 1. The van der Waals surface area contributed by atoms with Crippen LogP contribution in [0, 0.1) is 12.8 Å². The van der Waals surface area contributed by atoms with Crippen molar-refractivity contribution < 1.29 is 5.11 Å². The number of hydrogen-bond acceptors (Lipinski definition) is 2. The maximum Gasteiger partial charge on any atom is 0.0943 e. The van der Waals surface area contributed by atoms with Crippen molar-refractivity contribution in [3.63, 3.8) is 0 Å². The molecule has 0 aliphatic carbocycles. The number of hydrogen-bond donors (Lipinski definition) is 2. The van der Waals surface area contributed by atoms with Crippen molar-refractivity contribution in [3.8, 4) is 0 Å². The molecule has 14 heavy (non-hydrogen) atoms. The fourth-order valence-electron chi connectivity index (χ4n) is 1.35. The van der Waals surface area contributed by atoms with Crippen molar-refractivity contribution in [1.29, 1.82) is 0 Å². The molecule has 0 fully saturated rings. The van der Waals surface area contributed by atoms with Crippen LogP contribution in [0.15, 0.2) is 24.3 Å². The van der Waals surface area contributed by atoms with Gasteiger partial charge in [-0.1, -0.05) is 43.7 Å². The summed E-state index contributed by atoms with van der Waals surface area (Å²) in [5.41, 5.74) is 7.97. The van der Waals surface area contributed by atoms with E-state index in [0.29, 0.717) is 0 Å². The number of rotatable bonds is 3. The van der Waals surface area contributed by atoms with E-state index in [1.807, 2.05) is 45.0 Å². The van der Waals surface area contributed by atoms with E-state index in [-0.39, 0.29) is 12.0 Å². The van der Waals surface area contributed by atoms with Crippen molar-refractivity contribution in [2.24, 2.45) is 11.7 Å². The van der Waals surface area contributed by atoms with E-state index in [4.69, 9.17) is 5.73 Å². The standard InChI is InChI=1S/C12H19NO/c1-8(2)11(13)12(14)10-6-4-9(3)5-7-10/h4-8,11-12,14H,13H2,1-3H3. The summed E-state index contributed by atoms with van der Waals surface area (Å²) in [6.45, 7) is 6.06. The highest BCUT2D eigenvalue weighted by Gasteiger charge is 2.19. The first kappa shape index (κ1) is 11.2. The van der Waals surface area contributed by atoms with E-state index in [9.17, 15) is 5.11 Å². The highest BCUT2D eigenvalue weighted by Crippen LogP contribution is 2.20. The fourth-order valence-corrected chi connectivity index (χ4v) is 1.35. The van der Waals surface area contributed by atoms with Crippen LogP contribution in [0.1, 0.15) is 31.1 Å². The Bertz CT molecular complexity index is 279. The van der Waals surface area contributed by atoms with Gasteiger partial charge < -0.3 is 10.8 Å². The lowest BCUT2D eigenvalue weighted by atomic mass is 9.94. The summed E-state index contributed by atoms with van der Waals surface area (Å²) in [7, 11) is 0. The first-order valence-corrected chi connectivity index (χ1v) is 5.02. The summed E-state index contributed by atoms with van der Waals surface area (Å²) in [6.07, 6.45) is -0.560. The smallest absolute Gasteiger partial charge is 0.0943 e. The molecule has 0 spiro atoms. The summed E-state index contributed by atoms with van der Waals surface area (Å²) in [5, 5.41) is 9.93. The topological polar surface area (TPSA) is 46.2 Å². The molecule has 0 aliphatic rings. The normalized spacial score (nSPS) is 15.6. The van der Waals surface area contributed by atoms with Crippen LogP contribution in [0.4, 0.5) is 0 Å². The van der Waals surface area contributed by atoms with E-state index in [1.165, 1.54) is 5.56 Å². The van der Waals surface area contributed by atoms with E-state index < -0.39 is 6.10 Å². The Morgan fingerprint density at radius 1 is 1.14 bits per heavy atom. The van der Waals surface area contributed by atoms with Gasteiger partial charge in [0.05, 0.1) is 6.10 Å². The molecule has 1 aromatic carbocycles. The van der Waals surface area contributed by atoms with Crippen molar-refractivity contribution in [3.05, 3.63) is 35.4 Å². The summed E-state index contributed by atoms with van der Waals surface area (Å²) in [5.74, 6) is 0.284. The van der Waals surface area contributed by atoms with Crippen LogP contribution < -0.4 is 5.73 Å².